The van der Waals surface area contributed by atoms with Crippen molar-refractivity contribution in [3.05, 3.63) is 52.1 Å². The van der Waals surface area contributed by atoms with Crippen molar-refractivity contribution in [2.75, 3.05) is 26.1 Å². The molecule has 0 saturated heterocycles. The van der Waals surface area contributed by atoms with E-state index in [0.717, 1.165) is 76.7 Å². The molecule has 2 atom stereocenters. The molecule has 2 heterocycles. The number of aliphatic hydroxyl groups excluding tert-OH is 1. The fourth-order valence-electron chi connectivity index (χ4n) is 6.93. The number of ether oxygens (including phenoxy) is 4. The number of fused-ring (bicyclic) bond motifs is 2. The zero-order valence-corrected chi connectivity index (χ0v) is 22.2. The summed E-state index contributed by atoms with van der Waals surface area (Å²) in [6.45, 7) is 0.783. The number of hydrogen-bond acceptors (Lipinski definition) is 8. The van der Waals surface area contributed by atoms with E-state index in [1.165, 1.54) is 7.11 Å². The van der Waals surface area contributed by atoms with E-state index in [9.17, 15) is 15.3 Å². The minimum atomic E-state index is -0.839. The summed E-state index contributed by atoms with van der Waals surface area (Å²) in [5.74, 6) is 1.85. The molecule has 7 rings (SSSR count). The molecule has 2 aliphatic carbocycles. The Morgan fingerprint density at radius 3 is 2.38 bits per heavy atom. The van der Waals surface area contributed by atoms with Gasteiger partial charge in [-0.2, -0.15) is 0 Å². The van der Waals surface area contributed by atoms with Gasteiger partial charge in [-0.15, -0.1) is 0 Å². The van der Waals surface area contributed by atoms with Crippen LogP contribution in [0.5, 0.6) is 34.5 Å². The normalized spacial score (nSPS) is 20.9. The van der Waals surface area contributed by atoms with Gasteiger partial charge in [0.05, 0.1) is 33.0 Å². The molecule has 0 amide bonds. The highest BCUT2D eigenvalue weighted by atomic mass is 16.5. The molecule has 3 aromatic carbocycles. The van der Waals surface area contributed by atoms with Crippen LogP contribution in [0.3, 0.4) is 0 Å². The number of hydrogen-bond donors (Lipinski definition) is 4. The minimum Gasteiger partial charge on any atom is -0.507 e. The van der Waals surface area contributed by atoms with Crippen LogP contribution in [0.25, 0.3) is 11.1 Å². The summed E-state index contributed by atoms with van der Waals surface area (Å²) in [6.07, 6.45) is 4.82. The van der Waals surface area contributed by atoms with Gasteiger partial charge in [-0.1, -0.05) is 0 Å². The van der Waals surface area contributed by atoms with Crippen molar-refractivity contribution in [2.24, 2.45) is 0 Å². The van der Waals surface area contributed by atoms with Crippen molar-refractivity contribution in [3.8, 4) is 45.6 Å². The molecule has 3 aromatic rings. The number of benzene rings is 3. The summed E-state index contributed by atoms with van der Waals surface area (Å²) >= 11 is 0. The zero-order valence-electron chi connectivity index (χ0n) is 22.2. The van der Waals surface area contributed by atoms with E-state index in [-0.39, 0.29) is 30.1 Å². The van der Waals surface area contributed by atoms with Crippen molar-refractivity contribution >= 4 is 5.69 Å². The maximum atomic E-state index is 11.9. The standard InChI is InChI=1S/C31H33NO7/c1-36-23-12-22(33)19-13-32-21-11-24-29(18-8-7-17(23)27(19)28(18)21)30(34)20(14-38-24)15-9-25(37-2)31(35)26(10-15)39-16-5-3-4-6-16/h9-12,16,20,30,32-35H,3-8,13-14H2,1-2H3/t20-,30+/m1/s1. The number of aromatic hydroxyl groups is 2. The molecule has 204 valence electrons. The first-order valence-corrected chi connectivity index (χ1v) is 13.7. The van der Waals surface area contributed by atoms with Crippen LogP contribution in [-0.2, 0) is 19.4 Å². The lowest BCUT2D eigenvalue weighted by molar-refractivity contribution is 0.0876. The van der Waals surface area contributed by atoms with Gasteiger partial charge in [0, 0.05) is 52.5 Å². The molecule has 8 heteroatoms. The van der Waals surface area contributed by atoms with Crippen LogP contribution in [0.4, 0.5) is 5.69 Å². The predicted molar refractivity (Wildman–Crippen MR) is 146 cm³/mol. The Balaban J connectivity index is 1.33. The van der Waals surface area contributed by atoms with E-state index in [1.807, 2.05) is 12.1 Å². The van der Waals surface area contributed by atoms with Crippen molar-refractivity contribution < 1.29 is 34.3 Å². The van der Waals surface area contributed by atoms with Crippen LogP contribution in [-0.4, -0.2) is 42.3 Å². The second kappa shape index (κ2) is 9.16. The molecule has 1 fully saturated rings. The highest BCUT2D eigenvalue weighted by molar-refractivity contribution is 5.93. The fourth-order valence-corrected chi connectivity index (χ4v) is 6.93. The van der Waals surface area contributed by atoms with Crippen molar-refractivity contribution in [3.63, 3.8) is 0 Å². The average Bonchev–Trinajstić information content (AvgIpc) is 3.46. The molecule has 0 aromatic heterocycles. The van der Waals surface area contributed by atoms with E-state index >= 15 is 0 Å². The molecule has 4 aliphatic rings. The summed E-state index contributed by atoms with van der Waals surface area (Å²) in [5.41, 5.74) is 7.46. The summed E-state index contributed by atoms with van der Waals surface area (Å²) < 4.78 is 23.6. The number of anilines is 1. The topological polar surface area (TPSA) is 110 Å². The molecule has 1 saturated carbocycles. The van der Waals surface area contributed by atoms with Gasteiger partial charge < -0.3 is 39.6 Å². The van der Waals surface area contributed by atoms with Crippen LogP contribution in [0.15, 0.2) is 24.3 Å². The highest BCUT2D eigenvalue weighted by Crippen LogP contribution is 2.55. The van der Waals surface area contributed by atoms with Gasteiger partial charge >= 0.3 is 0 Å². The van der Waals surface area contributed by atoms with Crippen molar-refractivity contribution in [2.45, 2.75) is 63.2 Å². The van der Waals surface area contributed by atoms with Crippen LogP contribution < -0.4 is 24.3 Å². The van der Waals surface area contributed by atoms with E-state index < -0.39 is 6.10 Å². The SMILES string of the molecule is COc1cc([C@H]2COc3cc4c5c(c3[C@H]2O)CCc2c(OC)cc(O)c(c2-5)CN4)cc(OC2CCCC2)c1O. The third-order valence-corrected chi connectivity index (χ3v) is 8.87. The quantitative estimate of drug-likeness (QED) is 0.350. The summed E-state index contributed by atoms with van der Waals surface area (Å²) in [7, 11) is 3.14. The first kappa shape index (κ1) is 24.3. The molecule has 39 heavy (non-hydrogen) atoms. The van der Waals surface area contributed by atoms with Gasteiger partial charge in [0.25, 0.3) is 0 Å². The number of methoxy groups -OCH3 is 2. The maximum Gasteiger partial charge on any atom is 0.200 e. The third kappa shape index (κ3) is 3.68. The first-order valence-electron chi connectivity index (χ1n) is 13.7. The number of phenolic OH excluding ortho intramolecular Hbond substituents is 2. The molecule has 0 radical (unpaired) electrons. The zero-order chi connectivity index (χ0) is 26.8. The van der Waals surface area contributed by atoms with Crippen LogP contribution >= 0.6 is 0 Å². The summed E-state index contributed by atoms with van der Waals surface area (Å²) in [4.78, 5) is 0. The fraction of sp³-hybridized carbons (Fsp3) is 0.419. The lowest BCUT2D eigenvalue weighted by Crippen LogP contribution is -2.28. The maximum absolute atomic E-state index is 11.9. The Bertz CT molecular complexity index is 1480. The average molecular weight is 532 g/mol. The van der Waals surface area contributed by atoms with Crippen LogP contribution in [0.1, 0.15) is 65.5 Å². The van der Waals surface area contributed by atoms with E-state index in [4.69, 9.17) is 18.9 Å². The van der Waals surface area contributed by atoms with Gasteiger partial charge in [-0.3, -0.25) is 0 Å². The summed E-state index contributed by atoms with van der Waals surface area (Å²) in [6, 6.07) is 7.25. The molecular weight excluding hydrogens is 498 g/mol. The molecule has 8 nitrogen and oxygen atoms in total. The van der Waals surface area contributed by atoms with E-state index in [0.29, 0.717) is 36.0 Å². The van der Waals surface area contributed by atoms with Gasteiger partial charge in [0.2, 0.25) is 5.75 Å². The number of phenols is 2. The molecule has 2 aliphatic heterocycles. The Hall–Kier alpha value is -3.78. The lowest BCUT2D eigenvalue weighted by atomic mass is 9.74. The number of nitrogens with one attached hydrogen (secondary N) is 1. The van der Waals surface area contributed by atoms with Gasteiger partial charge in [-0.05, 0) is 67.3 Å². The van der Waals surface area contributed by atoms with E-state index in [1.54, 1.807) is 19.2 Å². The van der Waals surface area contributed by atoms with Gasteiger partial charge in [0.1, 0.15) is 17.2 Å². The van der Waals surface area contributed by atoms with Crippen molar-refractivity contribution in [1.29, 1.82) is 0 Å². The van der Waals surface area contributed by atoms with Gasteiger partial charge in [-0.25, -0.2) is 0 Å². The Morgan fingerprint density at radius 1 is 0.872 bits per heavy atom. The highest BCUT2D eigenvalue weighted by Gasteiger charge is 2.39. The lowest BCUT2D eigenvalue weighted by Gasteiger charge is -2.38. The summed E-state index contributed by atoms with van der Waals surface area (Å²) in [5, 5.41) is 36.9. The predicted octanol–water partition coefficient (Wildman–Crippen LogP) is 5.34. The Labute approximate surface area is 227 Å². The monoisotopic (exact) mass is 531 g/mol. The Morgan fingerprint density at radius 2 is 1.62 bits per heavy atom. The van der Waals surface area contributed by atoms with Crippen molar-refractivity contribution in [1.82, 2.24) is 0 Å². The smallest absolute Gasteiger partial charge is 0.200 e. The Kier molecular flexibility index (Phi) is 5.70. The van der Waals surface area contributed by atoms with Crippen LogP contribution in [0.2, 0.25) is 0 Å². The second-order valence-corrected chi connectivity index (χ2v) is 10.9. The molecule has 0 spiro atoms. The van der Waals surface area contributed by atoms with E-state index in [2.05, 4.69) is 5.32 Å². The molecular formula is C31H33NO7. The number of rotatable bonds is 5. The minimum absolute atomic E-state index is 0.0205. The first-order chi connectivity index (χ1) is 19.0. The third-order valence-electron chi connectivity index (χ3n) is 8.87. The molecule has 4 N–H and O–H groups in total. The van der Waals surface area contributed by atoms with Crippen LogP contribution in [0, 0.1) is 0 Å². The molecule has 0 unspecified atom stereocenters. The number of aliphatic hydroxyl groups is 1. The largest absolute Gasteiger partial charge is 0.507 e. The second-order valence-electron chi connectivity index (χ2n) is 10.9. The van der Waals surface area contributed by atoms with Gasteiger partial charge in [0.15, 0.2) is 11.5 Å². The molecule has 0 bridgehead atoms.